The number of aliphatic hydroxyl groups is 1. The highest BCUT2D eigenvalue weighted by Gasteiger charge is 2.23. The van der Waals surface area contributed by atoms with E-state index >= 15 is 0 Å². The molecule has 0 aliphatic carbocycles. The van der Waals surface area contributed by atoms with Crippen molar-refractivity contribution in [1.29, 1.82) is 0 Å². The highest BCUT2D eigenvalue weighted by Crippen LogP contribution is 2.03. The summed E-state index contributed by atoms with van der Waals surface area (Å²) in [4.78, 5) is 13.0. The minimum Gasteiger partial charge on any atom is -0.395 e. The lowest BCUT2D eigenvalue weighted by Crippen LogP contribution is -2.56. The average Bonchev–Trinajstić information content (AvgIpc) is 2.11. The molecule has 1 aliphatic rings. The van der Waals surface area contributed by atoms with Crippen molar-refractivity contribution in [1.82, 2.24) is 10.2 Å². The van der Waals surface area contributed by atoms with Crippen LogP contribution in [0, 0.1) is 0 Å². The molecule has 76 valence electrons. The maximum atomic E-state index is 11.0. The van der Waals surface area contributed by atoms with Crippen LogP contribution in [-0.4, -0.2) is 54.2 Å². The predicted molar refractivity (Wildman–Crippen MR) is 49.1 cm³/mol. The van der Waals surface area contributed by atoms with Gasteiger partial charge in [-0.05, 0) is 6.92 Å². The Kier molecular flexibility index (Phi) is 3.65. The molecule has 0 aromatic heterocycles. The van der Waals surface area contributed by atoms with Crippen molar-refractivity contribution in [3.05, 3.63) is 0 Å². The first-order valence-corrected chi connectivity index (χ1v) is 4.50. The van der Waals surface area contributed by atoms with Crippen LogP contribution in [0.5, 0.6) is 0 Å². The SMILES string of the molecule is CC1CNC(=O)CN1CC(N)CO. The molecule has 0 saturated carbocycles. The van der Waals surface area contributed by atoms with Crippen LogP contribution in [0.2, 0.25) is 0 Å². The van der Waals surface area contributed by atoms with Crippen molar-refractivity contribution in [2.24, 2.45) is 5.73 Å². The van der Waals surface area contributed by atoms with E-state index in [9.17, 15) is 4.79 Å². The number of nitrogens with zero attached hydrogens (tertiary/aromatic N) is 1. The Labute approximate surface area is 77.9 Å². The second kappa shape index (κ2) is 4.55. The molecule has 0 bridgehead atoms. The van der Waals surface area contributed by atoms with Gasteiger partial charge in [0.25, 0.3) is 0 Å². The first-order chi connectivity index (χ1) is 6.13. The van der Waals surface area contributed by atoms with E-state index in [0.29, 0.717) is 25.7 Å². The summed E-state index contributed by atoms with van der Waals surface area (Å²) in [6.07, 6.45) is 0. The zero-order chi connectivity index (χ0) is 9.84. The molecule has 2 unspecified atom stereocenters. The number of carbonyl (C=O) groups is 1. The van der Waals surface area contributed by atoms with Gasteiger partial charge in [0.15, 0.2) is 0 Å². The van der Waals surface area contributed by atoms with Gasteiger partial charge in [-0.25, -0.2) is 0 Å². The van der Waals surface area contributed by atoms with Crippen molar-refractivity contribution >= 4 is 5.91 Å². The number of rotatable bonds is 3. The summed E-state index contributed by atoms with van der Waals surface area (Å²) >= 11 is 0. The molecular weight excluding hydrogens is 170 g/mol. The number of carbonyl (C=O) groups excluding carboxylic acids is 1. The van der Waals surface area contributed by atoms with Crippen LogP contribution in [0.15, 0.2) is 0 Å². The first-order valence-electron chi connectivity index (χ1n) is 4.50. The van der Waals surface area contributed by atoms with Crippen molar-refractivity contribution in [2.45, 2.75) is 19.0 Å². The molecule has 1 heterocycles. The lowest BCUT2D eigenvalue weighted by Gasteiger charge is -2.34. The average molecular weight is 187 g/mol. The van der Waals surface area contributed by atoms with Crippen LogP contribution in [0.4, 0.5) is 0 Å². The molecular formula is C8H17N3O2. The Bertz CT molecular complexity index is 186. The van der Waals surface area contributed by atoms with Gasteiger partial charge in [0.1, 0.15) is 0 Å². The molecule has 5 nitrogen and oxygen atoms in total. The standard InChI is InChI=1S/C8H17N3O2/c1-6-2-10-8(13)4-11(6)3-7(9)5-12/h6-7,12H,2-5,9H2,1H3,(H,10,13). The third-order valence-corrected chi connectivity index (χ3v) is 2.27. The van der Waals surface area contributed by atoms with Crippen LogP contribution >= 0.6 is 0 Å². The van der Waals surface area contributed by atoms with Gasteiger partial charge < -0.3 is 16.2 Å². The van der Waals surface area contributed by atoms with Crippen molar-refractivity contribution in [3.63, 3.8) is 0 Å². The molecule has 0 aromatic rings. The van der Waals surface area contributed by atoms with Gasteiger partial charge in [0, 0.05) is 25.2 Å². The van der Waals surface area contributed by atoms with Crippen LogP contribution < -0.4 is 11.1 Å². The van der Waals surface area contributed by atoms with Gasteiger partial charge >= 0.3 is 0 Å². The van der Waals surface area contributed by atoms with Gasteiger partial charge in [-0.15, -0.1) is 0 Å². The van der Waals surface area contributed by atoms with E-state index < -0.39 is 0 Å². The fourth-order valence-electron chi connectivity index (χ4n) is 1.39. The third-order valence-electron chi connectivity index (χ3n) is 2.27. The zero-order valence-electron chi connectivity index (χ0n) is 7.86. The quantitative estimate of drug-likeness (QED) is 0.483. The van der Waals surface area contributed by atoms with E-state index in [1.54, 1.807) is 0 Å². The molecule has 2 atom stereocenters. The molecule has 1 rings (SSSR count). The number of nitrogens with two attached hydrogens (primary N) is 1. The van der Waals surface area contributed by atoms with Gasteiger partial charge in [-0.1, -0.05) is 0 Å². The van der Waals surface area contributed by atoms with Crippen LogP contribution in [0.3, 0.4) is 0 Å². The first kappa shape index (κ1) is 10.4. The van der Waals surface area contributed by atoms with E-state index in [-0.39, 0.29) is 18.6 Å². The van der Waals surface area contributed by atoms with Crippen molar-refractivity contribution in [3.8, 4) is 0 Å². The van der Waals surface area contributed by atoms with E-state index in [1.807, 2.05) is 11.8 Å². The topological polar surface area (TPSA) is 78.6 Å². The molecule has 1 fully saturated rings. The van der Waals surface area contributed by atoms with Crippen molar-refractivity contribution < 1.29 is 9.90 Å². The van der Waals surface area contributed by atoms with Gasteiger partial charge in [0.05, 0.1) is 13.2 Å². The summed E-state index contributed by atoms with van der Waals surface area (Å²) in [6, 6.07) is 0.0450. The summed E-state index contributed by atoms with van der Waals surface area (Å²) in [6.45, 7) is 3.62. The van der Waals surface area contributed by atoms with E-state index in [4.69, 9.17) is 10.8 Å². The number of nitrogens with one attached hydrogen (secondary N) is 1. The van der Waals surface area contributed by atoms with Crippen LogP contribution in [-0.2, 0) is 4.79 Å². The number of hydrogen-bond donors (Lipinski definition) is 3. The zero-order valence-corrected chi connectivity index (χ0v) is 7.86. The Morgan fingerprint density at radius 1 is 1.85 bits per heavy atom. The number of piperazine rings is 1. The fraction of sp³-hybridized carbons (Fsp3) is 0.875. The van der Waals surface area contributed by atoms with Gasteiger partial charge in [0.2, 0.25) is 5.91 Å². The monoisotopic (exact) mass is 187 g/mol. The molecule has 1 saturated heterocycles. The Balaban J connectivity index is 2.41. The number of hydrogen-bond acceptors (Lipinski definition) is 4. The molecule has 1 amide bonds. The molecule has 13 heavy (non-hydrogen) atoms. The summed E-state index contributed by atoms with van der Waals surface area (Å²) in [5, 5.41) is 11.5. The molecule has 5 heteroatoms. The van der Waals surface area contributed by atoms with Crippen molar-refractivity contribution in [2.75, 3.05) is 26.2 Å². The van der Waals surface area contributed by atoms with Crippen LogP contribution in [0.25, 0.3) is 0 Å². The maximum Gasteiger partial charge on any atom is 0.234 e. The van der Waals surface area contributed by atoms with Crippen LogP contribution in [0.1, 0.15) is 6.92 Å². The molecule has 1 aliphatic heterocycles. The third kappa shape index (κ3) is 2.95. The van der Waals surface area contributed by atoms with Gasteiger partial charge in [-0.2, -0.15) is 0 Å². The summed E-state index contributed by atoms with van der Waals surface area (Å²) in [7, 11) is 0. The smallest absolute Gasteiger partial charge is 0.234 e. The number of aliphatic hydroxyl groups excluding tert-OH is 1. The minimum absolute atomic E-state index is 0.0308. The molecule has 0 aromatic carbocycles. The van der Waals surface area contributed by atoms with Gasteiger partial charge in [-0.3, -0.25) is 9.69 Å². The largest absolute Gasteiger partial charge is 0.395 e. The Morgan fingerprint density at radius 3 is 3.15 bits per heavy atom. The Hall–Kier alpha value is -0.650. The molecule has 0 spiro atoms. The molecule has 4 N–H and O–H groups in total. The van der Waals surface area contributed by atoms with E-state index in [2.05, 4.69) is 5.32 Å². The molecule has 0 radical (unpaired) electrons. The maximum absolute atomic E-state index is 11.0. The lowest BCUT2D eigenvalue weighted by atomic mass is 10.2. The highest BCUT2D eigenvalue weighted by molar-refractivity contribution is 5.78. The predicted octanol–water partition coefficient (Wildman–Crippen LogP) is -1.87. The fourth-order valence-corrected chi connectivity index (χ4v) is 1.39. The second-order valence-corrected chi connectivity index (χ2v) is 3.53. The lowest BCUT2D eigenvalue weighted by molar-refractivity contribution is -0.125. The Morgan fingerprint density at radius 2 is 2.54 bits per heavy atom. The number of amides is 1. The highest BCUT2D eigenvalue weighted by atomic mass is 16.3. The summed E-state index contributed by atoms with van der Waals surface area (Å²) < 4.78 is 0. The minimum atomic E-state index is -0.256. The normalized spacial score (nSPS) is 27.0. The van der Waals surface area contributed by atoms with E-state index in [1.165, 1.54) is 0 Å². The van der Waals surface area contributed by atoms with E-state index in [0.717, 1.165) is 0 Å². The summed E-state index contributed by atoms with van der Waals surface area (Å²) in [5.41, 5.74) is 5.59. The summed E-state index contributed by atoms with van der Waals surface area (Å²) in [5.74, 6) is 0.0308. The second-order valence-electron chi connectivity index (χ2n) is 3.53.